The molecule has 3 aromatic rings. The highest BCUT2D eigenvalue weighted by Crippen LogP contribution is 2.10. The normalized spacial score (nSPS) is 10.6. The average molecular weight is 401 g/mol. The van der Waals surface area contributed by atoms with E-state index in [9.17, 15) is 9.59 Å². The first-order valence-corrected chi connectivity index (χ1v) is 10.4. The average Bonchev–Trinajstić information content (AvgIpc) is 2.79. The van der Waals surface area contributed by atoms with Gasteiger partial charge in [-0.15, -0.1) is 0 Å². The summed E-state index contributed by atoms with van der Waals surface area (Å²) in [5, 5.41) is 5.88. The topological polar surface area (TPSA) is 58.2 Å². The maximum absolute atomic E-state index is 12.8. The minimum atomic E-state index is -0.751. The SMILES string of the molecule is O=C(NCCc1ccccc1)C(Cc1ccccc1)C(=O)NCCc1ccccc1. The monoisotopic (exact) mass is 400 g/mol. The molecule has 0 heterocycles. The lowest BCUT2D eigenvalue weighted by Gasteiger charge is -2.17. The van der Waals surface area contributed by atoms with Gasteiger partial charge in [-0.05, 0) is 36.0 Å². The summed E-state index contributed by atoms with van der Waals surface area (Å²) in [6.07, 6.45) is 1.86. The van der Waals surface area contributed by atoms with E-state index in [1.165, 1.54) is 0 Å². The molecule has 0 aliphatic heterocycles. The van der Waals surface area contributed by atoms with Crippen LogP contribution in [0.5, 0.6) is 0 Å². The molecule has 0 atom stereocenters. The van der Waals surface area contributed by atoms with E-state index in [-0.39, 0.29) is 11.8 Å². The van der Waals surface area contributed by atoms with Crippen molar-refractivity contribution >= 4 is 11.8 Å². The van der Waals surface area contributed by atoms with Gasteiger partial charge in [-0.1, -0.05) is 91.0 Å². The van der Waals surface area contributed by atoms with Crippen molar-refractivity contribution in [2.45, 2.75) is 19.3 Å². The molecule has 154 valence electrons. The molecule has 0 saturated carbocycles. The molecule has 4 heteroatoms. The number of rotatable bonds is 10. The number of carbonyl (C=O) groups excluding carboxylic acids is 2. The Bertz CT molecular complexity index is 854. The van der Waals surface area contributed by atoms with Gasteiger partial charge in [0, 0.05) is 13.1 Å². The van der Waals surface area contributed by atoms with Crippen LogP contribution in [0.25, 0.3) is 0 Å². The molecule has 2 amide bonds. The van der Waals surface area contributed by atoms with Crippen molar-refractivity contribution in [1.82, 2.24) is 10.6 Å². The fourth-order valence-corrected chi connectivity index (χ4v) is 3.35. The van der Waals surface area contributed by atoms with Gasteiger partial charge in [0.1, 0.15) is 5.92 Å². The zero-order valence-corrected chi connectivity index (χ0v) is 17.1. The van der Waals surface area contributed by atoms with Crippen LogP contribution in [0.3, 0.4) is 0 Å². The van der Waals surface area contributed by atoms with Gasteiger partial charge >= 0.3 is 0 Å². The van der Waals surface area contributed by atoms with Gasteiger partial charge in [0.15, 0.2) is 0 Å². The molecule has 0 aliphatic carbocycles. The zero-order chi connectivity index (χ0) is 21.0. The first kappa shape index (κ1) is 21.3. The van der Waals surface area contributed by atoms with E-state index < -0.39 is 5.92 Å². The van der Waals surface area contributed by atoms with Crippen LogP contribution in [0.1, 0.15) is 16.7 Å². The highest BCUT2D eigenvalue weighted by atomic mass is 16.2. The summed E-state index contributed by atoms with van der Waals surface area (Å²) in [6, 6.07) is 29.7. The maximum Gasteiger partial charge on any atom is 0.232 e. The molecule has 2 N–H and O–H groups in total. The van der Waals surface area contributed by atoms with Gasteiger partial charge in [0.2, 0.25) is 11.8 Å². The molecule has 3 rings (SSSR count). The molecule has 0 unspecified atom stereocenters. The van der Waals surface area contributed by atoms with Crippen LogP contribution >= 0.6 is 0 Å². The maximum atomic E-state index is 12.8. The Morgan fingerprint density at radius 2 is 0.933 bits per heavy atom. The van der Waals surface area contributed by atoms with Crippen molar-refractivity contribution in [3.05, 3.63) is 108 Å². The van der Waals surface area contributed by atoms with E-state index in [4.69, 9.17) is 0 Å². The van der Waals surface area contributed by atoms with Crippen molar-refractivity contribution < 1.29 is 9.59 Å². The largest absolute Gasteiger partial charge is 0.355 e. The number of nitrogens with one attached hydrogen (secondary N) is 2. The van der Waals surface area contributed by atoms with Crippen LogP contribution in [0.4, 0.5) is 0 Å². The second kappa shape index (κ2) is 11.6. The Labute approximate surface area is 178 Å². The Hall–Kier alpha value is -3.40. The van der Waals surface area contributed by atoms with Crippen LogP contribution in [0, 0.1) is 5.92 Å². The summed E-state index contributed by atoms with van der Waals surface area (Å²) in [5.74, 6) is -1.21. The molecule has 30 heavy (non-hydrogen) atoms. The Morgan fingerprint density at radius 3 is 1.33 bits per heavy atom. The molecule has 0 saturated heterocycles. The molecular formula is C26H28N2O2. The minimum Gasteiger partial charge on any atom is -0.355 e. The number of hydrogen-bond acceptors (Lipinski definition) is 2. The molecule has 0 aromatic heterocycles. The Balaban J connectivity index is 1.57. The van der Waals surface area contributed by atoms with Gasteiger partial charge < -0.3 is 10.6 Å². The zero-order valence-electron chi connectivity index (χ0n) is 17.1. The number of carbonyl (C=O) groups is 2. The molecule has 3 aromatic carbocycles. The fourth-order valence-electron chi connectivity index (χ4n) is 3.35. The number of hydrogen-bond donors (Lipinski definition) is 2. The van der Waals surface area contributed by atoms with Gasteiger partial charge in [0.25, 0.3) is 0 Å². The van der Waals surface area contributed by atoms with E-state index in [0.29, 0.717) is 19.5 Å². The van der Waals surface area contributed by atoms with E-state index >= 15 is 0 Å². The van der Waals surface area contributed by atoms with Gasteiger partial charge in [-0.3, -0.25) is 9.59 Å². The van der Waals surface area contributed by atoms with Crippen molar-refractivity contribution in [2.75, 3.05) is 13.1 Å². The third-order valence-corrected chi connectivity index (χ3v) is 5.03. The molecule has 0 aliphatic rings. The third-order valence-electron chi connectivity index (χ3n) is 5.03. The first-order chi connectivity index (χ1) is 14.7. The molecule has 4 nitrogen and oxygen atoms in total. The van der Waals surface area contributed by atoms with Crippen LogP contribution < -0.4 is 10.6 Å². The first-order valence-electron chi connectivity index (χ1n) is 10.4. The number of amides is 2. The molecular weight excluding hydrogens is 372 g/mol. The smallest absolute Gasteiger partial charge is 0.232 e. The molecule has 0 spiro atoms. The predicted octanol–water partition coefficient (Wildman–Crippen LogP) is 3.56. The molecule has 0 bridgehead atoms. The van der Waals surface area contributed by atoms with Crippen LogP contribution in [0.2, 0.25) is 0 Å². The van der Waals surface area contributed by atoms with Crippen molar-refractivity contribution in [1.29, 1.82) is 0 Å². The van der Waals surface area contributed by atoms with Crippen molar-refractivity contribution in [3.8, 4) is 0 Å². The van der Waals surface area contributed by atoms with Gasteiger partial charge in [-0.25, -0.2) is 0 Å². The third kappa shape index (κ3) is 6.89. The summed E-state index contributed by atoms with van der Waals surface area (Å²) in [6.45, 7) is 1.01. The number of benzene rings is 3. The van der Waals surface area contributed by atoms with E-state index in [2.05, 4.69) is 10.6 Å². The van der Waals surface area contributed by atoms with Crippen LogP contribution in [-0.4, -0.2) is 24.9 Å². The summed E-state index contributed by atoms with van der Waals surface area (Å²) < 4.78 is 0. The fraction of sp³-hybridized carbons (Fsp3) is 0.231. The Kier molecular flexibility index (Phi) is 8.22. The summed E-state index contributed by atoms with van der Waals surface area (Å²) in [7, 11) is 0. The van der Waals surface area contributed by atoms with Crippen molar-refractivity contribution in [3.63, 3.8) is 0 Å². The van der Waals surface area contributed by atoms with E-state index in [1.54, 1.807) is 0 Å². The second-order valence-corrected chi connectivity index (χ2v) is 7.30. The van der Waals surface area contributed by atoms with E-state index in [0.717, 1.165) is 29.5 Å². The summed E-state index contributed by atoms with van der Waals surface area (Å²) >= 11 is 0. The van der Waals surface area contributed by atoms with Gasteiger partial charge in [-0.2, -0.15) is 0 Å². The molecule has 0 fully saturated rings. The van der Waals surface area contributed by atoms with Crippen LogP contribution in [0.15, 0.2) is 91.0 Å². The van der Waals surface area contributed by atoms with Crippen LogP contribution in [-0.2, 0) is 28.9 Å². The Morgan fingerprint density at radius 1 is 0.567 bits per heavy atom. The van der Waals surface area contributed by atoms with Gasteiger partial charge in [0.05, 0.1) is 0 Å². The molecule has 0 radical (unpaired) electrons. The lowest BCUT2D eigenvalue weighted by Crippen LogP contribution is -2.43. The predicted molar refractivity (Wildman–Crippen MR) is 120 cm³/mol. The quantitative estimate of drug-likeness (QED) is 0.511. The van der Waals surface area contributed by atoms with E-state index in [1.807, 2.05) is 91.0 Å². The minimum absolute atomic E-state index is 0.230. The van der Waals surface area contributed by atoms with Crippen molar-refractivity contribution in [2.24, 2.45) is 5.92 Å². The highest BCUT2D eigenvalue weighted by molar-refractivity contribution is 6.00. The highest BCUT2D eigenvalue weighted by Gasteiger charge is 2.26. The standard InChI is InChI=1S/C26H28N2O2/c29-25(27-18-16-21-10-4-1-5-11-21)24(20-23-14-8-3-9-15-23)26(30)28-19-17-22-12-6-2-7-13-22/h1-15,24H,16-20H2,(H,27,29)(H,28,30). The lowest BCUT2D eigenvalue weighted by atomic mass is 9.97. The lowest BCUT2D eigenvalue weighted by molar-refractivity contribution is -0.135. The second-order valence-electron chi connectivity index (χ2n) is 7.30. The summed E-state index contributed by atoms with van der Waals surface area (Å²) in [5.41, 5.74) is 3.29. The summed E-state index contributed by atoms with van der Waals surface area (Å²) in [4.78, 5) is 25.7.